The zero-order valence-electron chi connectivity index (χ0n) is 23.5. The smallest absolute Gasteiger partial charge is 0.142 e. The number of ether oxygens (including phenoxy) is 1. The molecule has 2 aromatic heterocycles. The van der Waals surface area contributed by atoms with Gasteiger partial charge in [0.15, 0.2) is 0 Å². The summed E-state index contributed by atoms with van der Waals surface area (Å²) >= 11 is 0. The number of pyridine rings is 2. The number of anilines is 3. The van der Waals surface area contributed by atoms with Gasteiger partial charge >= 0.3 is 0 Å². The molecule has 7 heteroatoms. The highest BCUT2D eigenvalue weighted by Gasteiger charge is 2.11. The van der Waals surface area contributed by atoms with Crippen molar-refractivity contribution in [3.05, 3.63) is 109 Å². The molecule has 0 spiro atoms. The molecule has 0 atom stereocenters. The van der Waals surface area contributed by atoms with Crippen LogP contribution in [0.15, 0.2) is 109 Å². The second-order valence-electron chi connectivity index (χ2n) is 10.1. The Morgan fingerprint density at radius 2 is 1.14 bits per heavy atom. The summed E-state index contributed by atoms with van der Waals surface area (Å²) in [5.74, 6) is 0.876. The van der Waals surface area contributed by atoms with E-state index in [1.807, 2.05) is 42.6 Å². The van der Waals surface area contributed by atoms with Crippen molar-refractivity contribution >= 4 is 74.6 Å². The second-order valence-corrected chi connectivity index (χ2v) is 10.1. The summed E-state index contributed by atoms with van der Waals surface area (Å²) in [4.78, 5) is 9.29. The van der Waals surface area contributed by atoms with Crippen LogP contribution in [0, 0.1) is 0 Å². The van der Waals surface area contributed by atoms with E-state index in [2.05, 4.69) is 82.3 Å². The van der Waals surface area contributed by atoms with Crippen LogP contribution in [0.2, 0.25) is 0 Å². The standard InChI is InChI=1S/C35H34N4O.2ClH/c1(2-12-23-36-30-22-24-37-29-17-7-4-14-26(29)30)3-13-25-40-34-21-11-10-20-33(34)39-35-27-15-5-8-18-31(27)38-32-19-9-6-16-28(32)35;;/h4-11,14-22,24H,1-3,12-13,23,25H2,(H,36,37)(H,38,39);2*1H. The Morgan fingerprint density at radius 3 is 1.90 bits per heavy atom. The summed E-state index contributed by atoms with van der Waals surface area (Å²) in [5.41, 5.74) is 6.19. The lowest BCUT2D eigenvalue weighted by atomic mass is 10.1. The molecule has 0 radical (unpaired) electrons. The van der Waals surface area contributed by atoms with Gasteiger partial charge < -0.3 is 15.4 Å². The fraction of sp³-hybridized carbons (Fsp3) is 0.200. The zero-order valence-corrected chi connectivity index (χ0v) is 25.1. The van der Waals surface area contributed by atoms with Crippen LogP contribution in [-0.2, 0) is 0 Å². The van der Waals surface area contributed by atoms with Crippen molar-refractivity contribution in [2.24, 2.45) is 0 Å². The number of nitrogens with zero attached hydrogens (tertiary/aromatic N) is 2. The Bertz CT molecular complexity index is 1680. The number of rotatable bonds is 12. The van der Waals surface area contributed by atoms with Crippen molar-refractivity contribution in [1.29, 1.82) is 0 Å². The average Bonchev–Trinajstić information content (AvgIpc) is 3.01. The van der Waals surface area contributed by atoms with Crippen molar-refractivity contribution in [3.63, 3.8) is 0 Å². The average molecular weight is 600 g/mol. The molecule has 0 aliphatic rings. The van der Waals surface area contributed by atoms with E-state index in [4.69, 9.17) is 9.72 Å². The molecule has 0 fully saturated rings. The molecule has 0 aliphatic carbocycles. The second kappa shape index (κ2) is 15.2. The molecule has 42 heavy (non-hydrogen) atoms. The van der Waals surface area contributed by atoms with Crippen molar-refractivity contribution in [3.8, 4) is 5.75 Å². The van der Waals surface area contributed by atoms with Crippen molar-refractivity contribution in [1.82, 2.24) is 9.97 Å². The molecule has 216 valence electrons. The summed E-state index contributed by atoms with van der Waals surface area (Å²) in [6.45, 7) is 1.68. The molecule has 0 aliphatic heterocycles. The first-order valence-corrected chi connectivity index (χ1v) is 14.2. The number of hydrogen-bond acceptors (Lipinski definition) is 5. The first kappa shape index (κ1) is 30.9. The summed E-state index contributed by atoms with van der Waals surface area (Å²) in [7, 11) is 0. The van der Waals surface area contributed by atoms with E-state index in [-0.39, 0.29) is 24.8 Å². The Kier molecular flexibility index (Phi) is 11.2. The van der Waals surface area contributed by atoms with Crippen LogP contribution in [0.25, 0.3) is 32.7 Å². The normalized spacial score (nSPS) is 10.7. The maximum atomic E-state index is 6.26. The lowest BCUT2D eigenvalue weighted by Gasteiger charge is -2.16. The molecular weight excluding hydrogens is 563 g/mol. The number of benzene rings is 4. The first-order chi connectivity index (χ1) is 19.9. The predicted molar refractivity (Wildman–Crippen MR) is 182 cm³/mol. The maximum absolute atomic E-state index is 6.26. The van der Waals surface area contributed by atoms with E-state index >= 15 is 0 Å². The topological polar surface area (TPSA) is 59.1 Å². The lowest BCUT2D eigenvalue weighted by Crippen LogP contribution is -2.03. The molecule has 2 N–H and O–H groups in total. The number of hydrogen-bond donors (Lipinski definition) is 2. The zero-order chi connectivity index (χ0) is 27.0. The van der Waals surface area contributed by atoms with Gasteiger partial charge in [0.2, 0.25) is 0 Å². The van der Waals surface area contributed by atoms with E-state index in [1.54, 1.807) is 0 Å². The largest absolute Gasteiger partial charge is 0.491 e. The highest BCUT2D eigenvalue weighted by atomic mass is 35.5. The molecule has 0 saturated carbocycles. The minimum Gasteiger partial charge on any atom is -0.491 e. The SMILES string of the molecule is Cl.Cl.c1ccc(OCCCCCCCNc2ccnc3ccccc23)c(Nc2c3ccccc3nc3ccccc23)c1. The molecule has 6 aromatic rings. The summed E-state index contributed by atoms with van der Waals surface area (Å²) in [5, 5.41) is 10.6. The van der Waals surface area contributed by atoms with Gasteiger partial charge in [-0.2, -0.15) is 0 Å². The van der Waals surface area contributed by atoms with Gasteiger partial charge in [-0.1, -0.05) is 86.0 Å². The maximum Gasteiger partial charge on any atom is 0.142 e. The number of halogens is 2. The van der Waals surface area contributed by atoms with E-state index in [0.717, 1.165) is 70.3 Å². The molecule has 2 heterocycles. The van der Waals surface area contributed by atoms with E-state index in [1.165, 1.54) is 23.9 Å². The van der Waals surface area contributed by atoms with Crippen molar-refractivity contribution < 1.29 is 4.74 Å². The number of nitrogens with one attached hydrogen (secondary N) is 2. The third-order valence-electron chi connectivity index (χ3n) is 7.28. The number of aromatic nitrogens is 2. The van der Waals surface area contributed by atoms with E-state index < -0.39 is 0 Å². The monoisotopic (exact) mass is 598 g/mol. The molecule has 5 nitrogen and oxygen atoms in total. The molecule has 0 bridgehead atoms. The number of unbranched alkanes of at least 4 members (excludes halogenated alkanes) is 4. The fourth-order valence-electron chi connectivity index (χ4n) is 5.22. The van der Waals surface area contributed by atoms with Crippen LogP contribution in [0.1, 0.15) is 32.1 Å². The van der Waals surface area contributed by atoms with Gasteiger partial charge in [0.1, 0.15) is 5.75 Å². The van der Waals surface area contributed by atoms with Gasteiger partial charge in [-0.05, 0) is 49.2 Å². The Morgan fingerprint density at radius 1 is 0.548 bits per heavy atom. The van der Waals surface area contributed by atoms with Crippen molar-refractivity contribution in [2.75, 3.05) is 23.8 Å². The Hall–Kier alpha value is -4.06. The third-order valence-corrected chi connectivity index (χ3v) is 7.28. The van der Waals surface area contributed by atoms with Gasteiger partial charge in [-0.15, -0.1) is 24.8 Å². The fourth-order valence-corrected chi connectivity index (χ4v) is 5.22. The van der Waals surface area contributed by atoms with Crippen molar-refractivity contribution in [2.45, 2.75) is 32.1 Å². The minimum atomic E-state index is 0. The summed E-state index contributed by atoms with van der Waals surface area (Å²) in [6, 6.07) is 35.1. The van der Waals surface area contributed by atoms with Gasteiger partial charge in [0.05, 0.1) is 34.5 Å². The molecule has 0 saturated heterocycles. The molecule has 0 amide bonds. The van der Waals surface area contributed by atoms with Gasteiger partial charge in [0.25, 0.3) is 0 Å². The van der Waals surface area contributed by atoms with Crippen LogP contribution >= 0.6 is 24.8 Å². The highest BCUT2D eigenvalue weighted by molar-refractivity contribution is 6.08. The lowest BCUT2D eigenvalue weighted by molar-refractivity contribution is 0.306. The summed E-state index contributed by atoms with van der Waals surface area (Å²) in [6.07, 6.45) is 7.64. The van der Waals surface area contributed by atoms with Crippen LogP contribution < -0.4 is 15.4 Å². The third kappa shape index (κ3) is 7.22. The first-order valence-electron chi connectivity index (χ1n) is 14.2. The van der Waals surface area contributed by atoms with Gasteiger partial charge in [-0.25, -0.2) is 4.98 Å². The molecule has 0 unspecified atom stereocenters. The molecule has 6 rings (SSSR count). The quantitative estimate of drug-likeness (QED) is 0.108. The van der Waals surface area contributed by atoms with Crippen LogP contribution in [0.4, 0.5) is 17.1 Å². The number of fused-ring (bicyclic) bond motifs is 3. The molecular formula is C35H36Cl2N4O. The number of para-hydroxylation sites is 5. The minimum absolute atomic E-state index is 0. The van der Waals surface area contributed by atoms with E-state index in [0.29, 0.717) is 6.61 Å². The summed E-state index contributed by atoms with van der Waals surface area (Å²) < 4.78 is 6.26. The highest BCUT2D eigenvalue weighted by Crippen LogP contribution is 2.36. The van der Waals surface area contributed by atoms with Crippen LogP contribution in [0.5, 0.6) is 5.75 Å². The predicted octanol–water partition coefficient (Wildman–Crippen LogP) is 9.96. The molecule has 4 aromatic carbocycles. The van der Waals surface area contributed by atoms with Gasteiger partial charge in [-0.3, -0.25) is 4.98 Å². The Labute approximate surface area is 259 Å². The van der Waals surface area contributed by atoms with Gasteiger partial charge in [0, 0.05) is 34.6 Å². The van der Waals surface area contributed by atoms with Crippen LogP contribution in [0.3, 0.4) is 0 Å². The van der Waals surface area contributed by atoms with E-state index in [9.17, 15) is 0 Å². The van der Waals surface area contributed by atoms with Crippen LogP contribution in [-0.4, -0.2) is 23.1 Å². The Balaban J connectivity index is 0.00000202.